The fourth-order valence-electron chi connectivity index (χ4n) is 3.00. The Morgan fingerprint density at radius 2 is 1.92 bits per heavy atom. The highest BCUT2D eigenvalue weighted by Gasteiger charge is 2.24. The molecule has 5 nitrogen and oxygen atoms in total. The third kappa shape index (κ3) is 3.03. The molecule has 0 amide bonds. The monoisotopic (exact) mass is 351 g/mol. The second-order valence-electron chi connectivity index (χ2n) is 6.43. The van der Waals surface area contributed by atoms with Crippen LogP contribution < -0.4 is 5.32 Å². The second kappa shape index (κ2) is 6.33. The lowest BCUT2D eigenvalue weighted by Crippen LogP contribution is -2.20. The predicted molar refractivity (Wildman–Crippen MR) is 99.5 cm³/mol. The first-order valence-corrected chi connectivity index (χ1v) is 8.62. The van der Waals surface area contributed by atoms with Gasteiger partial charge in [-0.25, -0.2) is 0 Å². The molecule has 0 aliphatic carbocycles. The van der Waals surface area contributed by atoms with Crippen LogP contribution in [0.5, 0.6) is 0 Å². The van der Waals surface area contributed by atoms with Crippen LogP contribution in [0, 0.1) is 0 Å². The van der Waals surface area contributed by atoms with Gasteiger partial charge in [-0.05, 0) is 51.2 Å². The molecule has 2 aromatic carbocycles. The van der Waals surface area contributed by atoms with E-state index in [4.69, 9.17) is 11.6 Å². The number of tetrazole rings is 1. The summed E-state index contributed by atoms with van der Waals surface area (Å²) in [6.45, 7) is 4.38. The van der Waals surface area contributed by atoms with Crippen molar-refractivity contribution in [2.75, 3.05) is 5.32 Å². The van der Waals surface area contributed by atoms with E-state index in [-0.39, 0.29) is 6.04 Å². The van der Waals surface area contributed by atoms with Crippen LogP contribution in [-0.2, 0) is 0 Å². The zero-order valence-electron chi connectivity index (χ0n) is 14.0. The molecule has 0 radical (unpaired) electrons. The maximum absolute atomic E-state index is 6.17. The van der Waals surface area contributed by atoms with Gasteiger partial charge < -0.3 is 5.32 Å². The van der Waals surface area contributed by atoms with E-state index >= 15 is 0 Å². The van der Waals surface area contributed by atoms with Crippen molar-refractivity contribution >= 4 is 23.2 Å². The van der Waals surface area contributed by atoms with Crippen molar-refractivity contribution in [3.63, 3.8) is 0 Å². The normalized spacial score (nSPS) is 16.3. The Balaban J connectivity index is 1.76. The first kappa shape index (κ1) is 15.8. The summed E-state index contributed by atoms with van der Waals surface area (Å²) < 4.78 is 1.76. The van der Waals surface area contributed by atoms with Gasteiger partial charge in [0.15, 0.2) is 0 Å². The SMILES string of the molecule is CC(C)c1ccc(C2=C[C@@H](c3cccc(Cl)c3)n3nnnc3N2)cc1. The van der Waals surface area contributed by atoms with Gasteiger partial charge in [-0.3, -0.25) is 0 Å². The Bertz CT molecular complexity index is 927. The Labute approximate surface area is 151 Å². The lowest BCUT2D eigenvalue weighted by Gasteiger charge is -2.23. The van der Waals surface area contributed by atoms with E-state index in [9.17, 15) is 0 Å². The fourth-order valence-corrected chi connectivity index (χ4v) is 3.20. The van der Waals surface area contributed by atoms with E-state index in [2.05, 4.69) is 65.0 Å². The first-order valence-electron chi connectivity index (χ1n) is 8.24. The molecule has 0 saturated carbocycles. The van der Waals surface area contributed by atoms with Crippen LogP contribution in [0.3, 0.4) is 0 Å². The van der Waals surface area contributed by atoms with E-state index in [0.29, 0.717) is 16.9 Å². The molecule has 1 aromatic heterocycles. The van der Waals surface area contributed by atoms with Crippen molar-refractivity contribution in [3.05, 3.63) is 76.3 Å². The molecular formula is C19H18ClN5. The molecule has 1 aliphatic rings. The summed E-state index contributed by atoms with van der Waals surface area (Å²) in [5.74, 6) is 1.13. The van der Waals surface area contributed by atoms with Crippen molar-refractivity contribution in [1.82, 2.24) is 20.2 Å². The van der Waals surface area contributed by atoms with Crippen molar-refractivity contribution < 1.29 is 0 Å². The van der Waals surface area contributed by atoms with Crippen LogP contribution >= 0.6 is 11.6 Å². The summed E-state index contributed by atoms with van der Waals surface area (Å²) >= 11 is 6.17. The number of benzene rings is 2. The van der Waals surface area contributed by atoms with Gasteiger partial charge in [-0.1, -0.05) is 66.9 Å². The zero-order valence-corrected chi connectivity index (χ0v) is 14.8. The Morgan fingerprint density at radius 1 is 1.12 bits per heavy atom. The number of hydrogen-bond donors (Lipinski definition) is 1. The highest BCUT2D eigenvalue weighted by molar-refractivity contribution is 6.30. The molecule has 0 spiro atoms. The maximum Gasteiger partial charge on any atom is 0.248 e. The standard InChI is InChI=1S/C19H18ClN5/c1-12(2)13-6-8-14(9-7-13)17-11-18(15-4-3-5-16(20)10-15)25-19(21-17)22-23-24-25/h3-12,18H,1-2H3,(H,21,22,24)/t18-/m0/s1. The number of aromatic nitrogens is 4. The Morgan fingerprint density at radius 3 is 2.64 bits per heavy atom. The van der Waals surface area contributed by atoms with Gasteiger partial charge in [0, 0.05) is 10.7 Å². The average Bonchev–Trinajstić information content (AvgIpc) is 3.09. The Hall–Kier alpha value is -2.66. The molecule has 25 heavy (non-hydrogen) atoms. The van der Waals surface area contributed by atoms with Crippen LogP contribution in [0.1, 0.15) is 42.5 Å². The van der Waals surface area contributed by atoms with Crippen LogP contribution in [-0.4, -0.2) is 20.2 Å². The van der Waals surface area contributed by atoms with Gasteiger partial charge in [0.1, 0.15) is 6.04 Å². The third-order valence-electron chi connectivity index (χ3n) is 4.41. The topological polar surface area (TPSA) is 55.6 Å². The number of nitrogens with one attached hydrogen (secondary N) is 1. The summed E-state index contributed by atoms with van der Waals surface area (Å²) in [7, 11) is 0. The molecular weight excluding hydrogens is 334 g/mol. The zero-order chi connectivity index (χ0) is 17.4. The molecule has 6 heteroatoms. The fraction of sp³-hybridized carbons (Fsp3) is 0.211. The smallest absolute Gasteiger partial charge is 0.248 e. The number of nitrogens with zero attached hydrogens (tertiary/aromatic N) is 4. The number of anilines is 1. The molecule has 0 unspecified atom stereocenters. The van der Waals surface area contributed by atoms with Crippen molar-refractivity contribution in [1.29, 1.82) is 0 Å². The van der Waals surface area contributed by atoms with Crippen LogP contribution in [0.4, 0.5) is 5.95 Å². The lowest BCUT2D eigenvalue weighted by atomic mass is 9.98. The van der Waals surface area contributed by atoms with Crippen LogP contribution in [0.2, 0.25) is 5.02 Å². The van der Waals surface area contributed by atoms with Crippen molar-refractivity contribution in [3.8, 4) is 0 Å². The molecule has 1 aliphatic heterocycles. The number of rotatable bonds is 3. The maximum atomic E-state index is 6.17. The summed E-state index contributed by atoms with van der Waals surface area (Å²) in [6, 6.07) is 16.2. The number of hydrogen-bond acceptors (Lipinski definition) is 4. The molecule has 0 bridgehead atoms. The van der Waals surface area contributed by atoms with E-state index in [1.165, 1.54) is 5.56 Å². The van der Waals surface area contributed by atoms with Gasteiger partial charge in [0.05, 0.1) is 0 Å². The minimum Gasteiger partial charge on any atom is -0.323 e. The molecule has 0 saturated heterocycles. The minimum atomic E-state index is -0.107. The highest BCUT2D eigenvalue weighted by atomic mass is 35.5. The third-order valence-corrected chi connectivity index (χ3v) is 4.64. The van der Waals surface area contributed by atoms with E-state index in [1.54, 1.807) is 4.68 Å². The molecule has 126 valence electrons. The minimum absolute atomic E-state index is 0.107. The van der Waals surface area contributed by atoms with E-state index in [0.717, 1.165) is 16.8 Å². The largest absolute Gasteiger partial charge is 0.323 e. The van der Waals surface area contributed by atoms with Crippen LogP contribution in [0.15, 0.2) is 54.6 Å². The molecule has 1 atom stereocenters. The van der Waals surface area contributed by atoms with Gasteiger partial charge >= 0.3 is 0 Å². The van der Waals surface area contributed by atoms with Crippen LogP contribution in [0.25, 0.3) is 5.70 Å². The highest BCUT2D eigenvalue weighted by Crippen LogP contribution is 2.32. The van der Waals surface area contributed by atoms with Crippen molar-refractivity contribution in [2.24, 2.45) is 0 Å². The molecule has 0 fully saturated rings. The first-order chi connectivity index (χ1) is 12.1. The number of allylic oxidation sites excluding steroid dienone is 1. The van der Waals surface area contributed by atoms with Gasteiger partial charge in [0.2, 0.25) is 5.95 Å². The molecule has 3 aromatic rings. The summed E-state index contributed by atoms with van der Waals surface area (Å²) in [4.78, 5) is 0. The molecule has 4 rings (SSSR count). The van der Waals surface area contributed by atoms with Gasteiger partial charge in [0.25, 0.3) is 0 Å². The predicted octanol–water partition coefficient (Wildman–Crippen LogP) is 4.51. The summed E-state index contributed by atoms with van der Waals surface area (Å²) in [6.07, 6.45) is 2.12. The number of fused-ring (bicyclic) bond motifs is 1. The lowest BCUT2D eigenvalue weighted by molar-refractivity contribution is 0.586. The Kier molecular flexibility index (Phi) is 4.01. The molecule has 2 heterocycles. The van der Waals surface area contributed by atoms with Crippen molar-refractivity contribution in [2.45, 2.75) is 25.8 Å². The van der Waals surface area contributed by atoms with E-state index < -0.39 is 0 Å². The summed E-state index contributed by atoms with van der Waals surface area (Å²) in [5, 5.41) is 16.0. The summed E-state index contributed by atoms with van der Waals surface area (Å²) in [5.41, 5.74) is 4.45. The quantitative estimate of drug-likeness (QED) is 0.754. The number of halogens is 1. The van der Waals surface area contributed by atoms with E-state index in [1.807, 2.05) is 24.3 Å². The second-order valence-corrected chi connectivity index (χ2v) is 6.87. The van der Waals surface area contributed by atoms with Gasteiger partial charge in [-0.2, -0.15) is 4.68 Å². The average molecular weight is 352 g/mol. The van der Waals surface area contributed by atoms with Gasteiger partial charge in [-0.15, -0.1) is 0 Å². The molecule has 1 N–H and O–H groups in total.